The minimum absolute atomic E-state index is 0.0212. The molecule has 0 saturated heterocycles. The van der Waals surface area contributed by atoms with Crippen LogP contribution in [-0.2, 0) is 4.74 Å². The lowest BCUT2D eigenvalue weighted by Gasteiger charge is -2.10. The molecule has 0 atom stereocenters. The molecule has 0 amide bonds. The minimum Gasteiger partial charge on any atom is -0.491 e. The summed E-state index contributed by atoms with van der Waals surface area (Å²) in [7, 11) is 0. The molecule has 4 aromatic carbocycles. The van der Waals surface area contributed by atoms with E-state index in [1.54, 1.807) is 12.1 Å². The van der Waals surface area contributed by atoms with Crippen molar-refractivity contribution in [3.63, 3.8) is 0 Å². The number of para-hydroxylation sites is 2. The van der Waals surface area contributed by atoms with Gasteiger partial charge in [0, 0.05) is 32.6 Å². The molecule has 2 aromatic heterocycles. The second kappa shape index (κ2) is 9.79. The van der Waals surface area contributed by atoms with Crippen LogP contribution in [0.25, 0.3) is 43.6 Å². The zero-order chi connectivity index (χ0) is 25.2. The zero-order valence-electron chi connectivity index (χ0n) is 20.0. The van der Waals surface area contributed by atoms with Gasteiger partial charge in [-0.25, -0.2) is 0 Å². The van der Waals surface area contributed by atoms with E-state index < -0.39 is 0 Å². The zero-order valence-corrected chi connectivity index (χ0v) is 20.0. The number of ether oxygens (including phenoxy) is 3. The molecule has 0 spiro atoms. The summed E-state index contributed by atoms with van der Waals surface area (Å²) in [4.78, 5) is 32.2. The number of hydrogen-bond acceptors (Lipinski definition) is 5. The summed E-state index contributed by atoms with van der Waals surface area (Å²) in [5, 5.41) is 2.49. The van der Waals surface area contributed by atoms with E-state index in [4.69, 9.17) is 14.2 Å². The molecule has 6 aromatic rings. The van der Waals surface area contributed by atoms with E-state index in [9.17, 15) is 9.59 Å². The molecule has 0 radical (unpaired) electrons. The topological polar surface area (TPSA) is 93.4 Å². The van der Waals surface area contributed by atoms with Crippen LogP contribution in [0.1, 0.15) is 0 Å². The standard InChI is InChI=1S/C30H24N2O5/c33-29-21-5-1-3-7-25(21)31-27-11-9-19(17-23(27)29)36-15-13-35-14-16-37-20-10-12-28-24(18-20)30(34)22-6-2-4-8-26(22)32-28/h1-12,17-18H,13-16H2,(H,31,33)(H,32,34). The SMILES string of the molecule is O=c1c2ccccc2[nH]c2ccc(OCCOCCOc3ccc4[nH]c5ccccc5c(=O)c4c3)cc12. The highest BCUT2D eigenvalue weighted by Gasteiger charge is 2.08. The fourth-order valence-electron chi connectivity index (χ4n) is 4.52. The number of H-pyrrole nitrogens is 2. The molecular weight excluding hydrogens is 468 g/mol. The maximum Gasteiger partial charge on any atom is 0.197 e. The quantitative estimate of drug-likeness (QED) is 0.226. The van der Waals surface area contributed by atoms with Crippen molar-refractivity contribution in [3.8, 4) is 11.5 Å². The maximum atomic E-state index is 12.8. The van der Waals surface area contributed by atoms with Crippen LogP contribution in [0.2, 0.25) is 0 Å². The van der Waals surface area contributed by atoms with Gasteiger partial charge in [0.25, 0.3) is 0 Å². The van der Waals surface area contributed by atoms with Gasteiger partial charge in [-0.2, -0.15) is 0 Å². The molecule has 7 heteroatoms. The molecular formula is C30H24N2O5. The molecule has 0 aliphatic carbocycles. The van der Waals surface area contributed by atoms with Crippen molar-refractivity contribution in [1.29, 1.82) is 0 Å². The number of nitrogens with one attached hydrogen (secondary N) is 2. The Hall–Kier alpha value is -4.62. The predicted octanol–water partition coefficient (Wildman–Crippen LogP) is 5.15. The highest BCUT2D eigenvalue weighted by molar-refractivity contribution is 5.94. The van der Waals surface area contributed by atoms with Crippen LogP contribution in [0.3, 0.4) is 0 Å². The van der Waals surface area contributed by atoms with Gasteiger partial charge in [0.15, 0.2) is 10.9 Å². The molecule has 184 valence electrons. The van der Waals surface area contributed by atoms with E-state index in [0.717, 1.165) is 22.1 Å². The number of pyridine rings is 2. The lowest BCUT2D eigenvalue weighted by molar-refractivity contribution is 0.0765. The highest BCUT2D eigenvalue weighted by atomic mass is 16.5. The first-order valence-electron chi connectivity index (χ1n) is 12.1. The molecule has 6 rings (SSSR count). The Labute approximate surface area is 211 Å². The number of rotatable bonds is 8. The second-order valence-corrected chi connectivity index (χ2v) is 8.72. The normalized spacial score (nSPS) is 11.5. The summed E-state index contributed by atoms with van der Waals surface area (Å²) in [6.07, 6.45) is 0. The average Bonchev–Trinajstić information content (AvgIpc) is 2.93. The fraction of sp³-hybridized carbons (Fsp3) is 0.133. The molecule has 7 nitrogen and oxygen atoms in total. The van der Waals surface area contributed by atoms with Crippen molar-refractivity contribution in [3.05, 3.63) is 105 Å². The summed E-state index contributed by atoms with van der Waals surface area (Å²) in [6, 6.07) is 25.8. The van der Waals surface area contributed by atoms with Crippen LogP contribution in [0.4, 0.5) is 0 Å². The maximum absolute atomic E-state index is 12.8. The summed E-state index contributed by atoms with van der Waals surface area (Å²) >= 11 is 0. The van der Waals surface area contributed by atoms with Gasteiger partial charge in [-0.3, -0.25) is 9.59 Å². The Bertz CT molecular complexity index is 1740. The number of hydrogen-bond donors (Lipinski definition) is 2. The van der Waals surface area contributed by atoms with Crippen molar-refractivity contribution in [1.82, 2.24) is 9.97 Å². The number of aromatic nitrogens is 2. The van der Waals surface area contributed by atoms with Crippen molar-refractivity contribution in [2.45, 2.75) is 0 Å². The van der Waals surface area contributed by atoms with Gasteiger partial charge in [-0.15, -0.1) is 0 Å². The average molecular weight is 493 g/mol. The van der Waals surface area contributed by atoms with E-state index in [2.05, 4.69) is 9.97 Å². The van der Waals surface area contributed by atoms with Gasteiger partial charge < -0.3 is 24.2 Å². The predicted molar refractivity (Wildman–Crippen MR) is 146 cm³/mol. The minimum atomic E-state index is -0.0212. The Balaban J connectivity index is 1.02. The Morgan fingerprint density at radius 3 is 1.41 bits per heavy atom. The lowest BCUT2D eigenvalue weighted by Crippen LogP contribution is -2.12. The van der Waals surface area contributed by atoms with E-state index in [-0.39, 0.29) is 10.9 Å². The van der Waals surface area contributed by atoms with Crippen molar-refractivity contribution in [2.24, 2.45) is 0 Å². The van der Waals surface area contributed by atoms with Crippen LogP contribution in [-0.4, -0.2) is 36.4 Å². The smallest absolute Gasteiger partial charge is 0.197 e. The molecule has 0 aliphatic rings. The van der Waals surface area contributed by atoms with Crippen LogP contribution < -0.4 is 20.3 Å². The molecule has 2 heterocycles. The number of fused-ring (bicyclic) bond motifs is 4. The van der Waals surface area contributed by atoms with Crippen molar-refractivity contribution < 1.29 is 14.2 Å². The van der Waals surface area contributed by atoms with Crippen LogP contribution in [0, 0.1) is 0 Å². The summed E-state index contributed by atoms with van der Waals surface area (Å²) in [5.74, 6) is 1.23. The van der Waals surface area contributed by atoms with Crippen molar-refractivity contribution >= 4 is 43.6 Å². The molecule has 2 N–H and O–H groups in total. The first-order valence-corrected chi connectivity index (χ1v) is 12.1. The Kier molecular flexibility index (Phi) is 6.04. The molecule has 0 unspecified atom stereocenters. The number of benzene rings is 4. The van der Waals surface area contributed by atoms with Crippen molar-refractivity contribution in [2.75, 3.05) is 26.4 Å². The van der Waals surface area contributed by atoms with Gasteiger partial charge in [0.1, 0.15) is 24.7 Å². The molecule has 0 bridgehead atoms. The van der Waals surface area contributed by atoms with Gasteiger partial charge in [0.05, 0.1) is 24.2 Å². The third-order valence-electron chi connectivity index (χ3n) is 6.35. The Morgan fingerprint density at radius 2 is 0.919 bits per heavy atom. The molecule has 0 aliphatic heterocycles. The second-order valence-electron chi connectivity index (χ2n) is 8.72. The van der Waals surface area contributed by atoms with E-state index in [1.165, 1.54) is 0 Å². The van der Waals surface area contributed by atoms with Crippen LogP contribution in [0.15, 0.2) is 94.5 Å². The van der Waals surface area contributed by atoms with E-state index in [0.29, 0.717) is 59.5 Å². The monoisotopic (exact) mass is 492 g/mol. The highest BCUT2D eigenvalue weighted by Crippen LogP contribution is 2.21. The fourth-order valence-corrected chi connectivity index (χ4v) is 4.52. The molecule has 0 fully saturated rings. The third-order valence-corrected chi connectivity index (χ3v) is 6.35. The summed E-state index contributed by atoms with van der Waals surface area (Å²) in [6.45, 7) is 1.43. The van der Waals surface area contributed by atoms with E-state index >= 15 is 0 Å². The Morgan fingerprint density at radius 1 is 0.486 bits per heavy atom. The first kappa shape index (κ1) is 22.8. The van der Waals surface area contributed by atoms with E-state index in [1.807, 2.05) is 72.8 Å². The van der Waals surface area contributed by atoms with Gasteiger partial charge >= 0.3 is 0 Å². The molecule has 0 saturated carbocycles. The van der Waals surface area contributed by atoms with Crippen LogP contribution in [0.5, 0.6) is 11.5 Å². The van der Waals surface area contributed by atoms with Gasteiger partial charge in [0.2, 0.25) is 0 Å². The van der Waals surface area contributed by atoms with Crippen LogP contribution >= 0.6 is 0 Å². The largest absolute Gasteiger partial charge is 0.491 e. The van der Waals surface area contributed by atoms with Gasteiger partial charge in [-0.1, -0.05) is 24.3 Å². The van der Waals surface area contributed by atoms with Gasteiger partial charge in [-0.05, 0) is 60.7 Å². The summed E-state index contributed by atoms with van der Waals surface area (Å²) in [5.41, 5.74) is 3.13. The third kappa shape index (κ3) is 4.52. The first-order chi connectivity index (χ1) is 18.2. The lowest BCUT2D eigenvalue weighted by atomic mass is 10.1. The molecule has 37 heavy (non-hydrogen) atoms. The number of aromatic amines is 2. The summed E-state index contributed by atoms with van der Waals surface area (Å²) < 4.78 is 17.2.